The molecule has 1 saturated heterocycles. The minimum absolute atomic E-state index is 0.0385. The lowest BCUT2D eigenvalue weighted by Gasteiger charge is -2.45. The van der Waals surface area contributed by atoms with Gasteiger partial charge in [-0.15, -0.1) is 0 Å². The van der Waals surface area contributed by atoms with Gasteiger partial charge in [0.05, 0.1) is 24.3 Å². The number of H-pyrrole nitrogens is 2. The fourth-order valence-corrected chi connectivity index (χ4v) is 12.6. The zero-order chi connectivity index (χ0) is 50.7. The molecule has 1 saturated carbocycles. The fraction of sp³-hybridized carbons (Fsp3) is 0.415. The Morgan fingerprint density at radius 1 is 0.944 bits per heavy atom. The summed E-state index contributed by atoms with van der Waals surface area (Å²) in [5, 5.41) is 102. The van der Waals surface area contributed by atoms with E-state index in [2.05, 4.69) is 20.3 Å². The number of aromatic amines is 2. The molecule has 380 valence electrons. The Kier molecular flexibility index (Phi) is 13.0. The van der Waals surface area contributed by atoms with Crippen LogP contribution in [0.3, 0.4) is 0 Å². The van der Waals surface area contributed by atoms with Gasteiger partial charge in [-0.25, -0.2) is 9.78 Å². The van der Waals surface area contributed by atoms with Crippen LogP contribution in [0.25, 0.3) is 6.08 Å². The highest BCUT2D eigenvalue weighted by Crippen LogP contribution is 2.67. The summed E-state index contributed by atoms with van der Waals surface area (Å²) in [5.74, 6) is -7.72. The van der Waals surface area contributed by atoms with Crippen LogP contribution in [-0.4, -0.2) is 135 Å². The number of carboxylic acids is 1. The summed E-state index contributed by atoms with van der Waals surface area (Å²) in [6, 6.07) is 20.3. The number of nitrogens with zero attached hydrogens (tertiary/aromatic N) is 2. The minimum atomic E-state index is -3.18. The van der Waals surface area contributed by atoms with Crippen LogP contribution >= 0.6 is 0 Å². The van der Waals surface area contributed by atoms with E-state index >= 15 is 4.79 Å². The number of anilines is 2. The average molecular weight is 989 g/mol. The van der Waals surface area contributed by atoms with Crippen molar-refractivity contribution in [1.82, 2.24) is 15.0 Å². The second-order valence-electron chi connectivity index (χ2n) is 19.7. The molecule has 0 bridgehead atoms. The molecular formula is C53H60N6O13. The van der Waals surface area contributed by atoms with E-state index in [0.717, 1.165) is 40.2 Å². The third-order valence-corrected chi connectivity index (χ3v) is 15.9. The number of imidazole rings is 1. The Labute approximate surface area is 413 Å². The van der Waals surface area contributed by atoms with Crippen LogP contribution in [0.2, 0.25) is 0 Å². The molecule has 3 aliphatic carbocycles. The summed E-state index contributed by atoms with van der Waals surface area (Å²) < 4.78 is 11.1. The second kappa shape index (κ2) is 19.1. The molecule has 5 aromatic rings. The number of allylic oxidation sites excluding steroid dienone is 1. The number of amides is 1. The van der Waals surface area contributed by atoms with Gasteiger partial charge in [-0.1, -0.05) is 48.4 Å². The number of fused-ring (bicyclic) bond motifs is 4. The molecule has 19 nitrogen and oxygen atoms in total. The summed E-state index contributed by atoms with van der Waals surface area (Å²) in [7, 11) is 0. The maximum Gasteiger partial charge on any atom is 0.355 e. The molecule has 72 heavy (non-hydrogen) atoms. The van der Waals surface area contributed by atoms with Crippen molar-refractivity contribution in [3.05, 3.63) is 137 Å². The molecule has 1 amide bonds. The number of aromatic hydroxyl groups is 2. The van der Waals surface area contributed by atoms with Gasteiger partial charge < -0.3 is 76.5 Å². The van der Waals surface area contributed by atoms with Crippen LogP contribution in [-0.2, 0) is 19.7 Å². The van der Waals surface area contributed by atoms with Crippen LogP contribution in [0, 0.1) is 5.92 Å². The topological polar surface area (TPSA) is 320 Å². The number of phenolic OH excluding ortho intramolecular Hbond substituents is 2. The van der Waals surface area contributed by atoms with Gasteiger partial charge in [0.2, 0.25) is 0 Å². The van der Waals surface area contributed by atoms with Crippen molar-refractivity contribution >= 4 is 29.5 Å². The highest BCUT2D eigenvalue weighted by molar-refractivity contribution is 6.13. The van der Waals surface area contributed by atoms with Gasteiger partial charge >= 0.3 is 11.9 Å². The van der Waals surface area contributed by atoms with Gasteiger partial charge in [-0.3, -0.25) is 9.69 Å². The molecule has 5 aliphatic rings. The van der Waals surface area contributed by atoms with Crippen molar-refractivity contribution in [2.75, 3.05) is 30.0 Å². The van der Waals surface area contributed by atoms with Gasteiger partial charge in [0.1, 0.15) is 29.9 Å². The standard InChI is InChI=1S/C53H60N6O13/c54-40-10-4-18-51(40,31-8-2-1-3-9-31)43-29(7-6-20-60)24-52(50(68)69)44(43)34-22-37(63)38(71-53(70)49(67)48(66)47(65)39(26-61)72-53)23-35(34)59(52)42(64)17-13-28-12-16-36(62)33(21-28)32-15-14-30(45-46(32)58-27-57-45)25-56-41-11-5-19-55-41/h1-3,5,8-9,11-13,16-17,19,21-24,27,30,32,39-40,43-44,47-49,55-56,60-63,65-67,70H,4,6-7,10,14-15,18,20,25-26,54H2,(H,57,58)(H,68,69). The van der Waals surface area contributed by atoms with E-state index in [4.69, 9.17) is 15.2 Å². The lowest BCUT2D eigenvalue weighted by molar-refractivity contribution is -0.422. The van der Waals surface area contributed by atoms with Crippen molar-refractivity contribution in [1.29, 1.82) is 0 Å². The van der Waals surface area contributed by atoms with Crippen molar-refractivity contribution in [3.63, 3.8) is 0 Å². The van der Waals surface area contributed by atoms with Gasteiger partial charge in [0.15, 0.2) is 23.1 Å². The smallest absolute Gasteiger partial charge is 0.355 e. The van der Waals surface area contributed by atoms with Crippen molar-refractivity contribution in [3.8, 4) is 17.2 Å². The van der Waals surface area contributed by atoms with E-state index < -0.39 is 89.2 Å². The summed E-state index contributed by atoms with van der Waals surface area (Å²) in [6.07, 6.45) is 3.73. The largest absolute Gasteiger partial charge is 0.508 e. The summed E-state index contributed by atoms with van der Waals surface area (Å²) in [4.78, 5) is 42.0. The summed E-state index contributed by atoms with van der Waals surface area (Å²) in [6.45, 7) is -0.478. The first-order chi connectivity index (χ1) is 34.7. The molecule has 19 heteroatoms. The maximum absolute atomic E-state index is 15.3. The molecule has 2 aromatic heterocycles. The first-order valence-electron chi connectivity index (χ1n) is 24.4. The number of ether oxygens (including phenoxy) is 2. The van der Waals surface area contributed by atoms with Crippen molar-refractivity contribution in [2.24, 2.45) is 11.7 Å². The minimum Gasteiger partial charge on any atom is -0.508 e. The first-order valence-corrected chi connectivity index (χ1v) is 24.4. The number of carboxylic acid groups (broad SMARTS) is 1. The number of benzene rings is 3. The molecule has 10 rings (SSSR count). The fourth-order valence-electron chi connectivity index (χ4n) is 12.6. The molecule has 2 aliphatic heterocycles. The number of aromatic nitrogens is 3. The molecule has 12 unspecified atom stereocenters. The number of aliphatic hydroxyl groups excluding tert-OH is 5. The molecule has 0 spiro atoms. The molecule has 4 heterocycles. The van der Waals surface area contributed by atoms with Crippen molar-refractivity contribution in [2.45, 2.75) is 110 Å². The normalized spacial score (nSPS) is 31.8. The van der Waals surface area contributed by atoms with Gasteiger partial charge in [0.25, 0.3) is 5.91 Å². The predicted octanol–water partition coefficient (Wildman–Crippen LogP) is 3.51. The van der Waals surface area contributed by atoms with Crippen LogP contribution in [0.1, 0.15) is 96.3 Å². The van der Waals surface area contributed by atoms with E-state index in [1.807, 2.05) is 48.7 Å². The molecular weight excluding hydrogens is 929 g/mol. The molecule has 0 radical (unpaired) electrons. The van der Waals surface area contributed by atoms with Crippen LogP contribution < -0.4 is 20.7 Å². The van der Waals surface area contributed by atoms with E-state index in [9.17, 15) is 50.8 Å². The average Bonchev–Trinajstić information content (AvgIpc) is 4.24. The third kappa shape index (κ3) is 7.95. The number of aliphatic hydroxyl groups is 6. The van der Waals surface area contributed by atoms with Crippen molar-refractivity contribution < 1.29 is 65.0 Å². The van der Waals surface area contributed by atoms with Crippen LogP contribution in [0.15, 0.2) is 103 Å². The maximum atomic E-state index is 15.3. The lowest BCUT2D eigenvalue weighted by Crippen LogP contribution is -2.67. The quantitative estimate of drug-likeness (QED) is 0.0406. The van der Waals surface area contributed by atoms with E-state index in [1.165, 1.54) is 24.3 Å². The predicted molar refractivity (Wildman–Crippen MR) is 261 cm³/mol. The number of rotatable bonds is 15. The van der Waals surface area contributed by atoms with Gasteiger partial charge in [0, 0.05) is 77.9 Å². The molecule has 14 N–H and O–H groups in total. The number of hydrogen-bond acceptors (Lipinski definition) is 15. The van der Waals surface area contributed by atoms with E-state index in [0.29, 0.717) is 48.9 Å². The third-order valence-electron chi connectivity index (χ3n) is 15.9. The highest BCUT2D eigenvalue weighted by atomic mass is 16.8. The van der Waals surface area contributed by atoms with Gasteiger partial charge in [-0.05, 0) is 97.7 Å². The monoisotopic (exact) mass is 988 g/mol. The SMILES string of the molecule is NC1CCCC1(c1ccccc1)C1C(CCCO)=CC2(C(=O)O)C1c1cc(O)c(OC3(O)OC(CO)C(O)C(O)C3O)cc1N2C(=O)C=Cc1ccc(O)c(C2CCC(CNc3ccc[nH]3)c3nc[nH]c32)c1. The van der Waals surface area contributed by atoms with E-state index in [1.54, 1.807) is 24.5 Å². The first kappa shape index (κ1) is 49.0. The highest BCUT2D eigenvalue weighted by Gasteiger charge is 2.69. The number of carbonyl (C=O) groups excluding carboxylic acids is 1. The lowest BCUT2D eigenvalue weighted by atomic mass is 9.59. The molecule has 2 fully saturated rings. The zero-order valence-electron chi connectivity index (χ0n) is 39.2. The molecule has 12 atom stereocenters. The number of hydrogen-bond donors (Lipinski definition) is 13. The number of aliphatic carboxylic acids is 1. The van der Waals surface area contributed by atoms with Crippen LogP contribution in [0.4, 0.5) is 11.5 Å². The summed E-state index contributed by atoms with van der Waals surface area (Å²) in [5.41, 5.74) is 8.66. The Hall–Kier alpha value is -6.55. The Bertz CT molecular complexity index is 2870. The Morgan fingerprint density at radius 3 is 2.46 bits per heavy atom. The van der Waals surface area contributed by atoms with Crippen LogP contribution in [0.5, 0.6) is 17.2 Å². The summed E-state index contributed by atoms with van der Waals surface area (Å²) >= 11 is 0. The van der Waals surface area contributed by atoms with E-state index in [-0.39, 0.29) is 48.3 Å². The Balaban J connectivity index is 1.07. The number of phenols is 2. The van der Waals surface area contributed by atoms with Gasteiger partial charge in [-0.2, -0.15) is 0 Å². The molecule has 3 aromatic carbocycles. The zero-order valence-corrected chi connectivity index (χ0v) is 39.2. The second-order valence-corrected chi connectivity index (χ2v) is 19.7. The number of carbonyl (C=O) groups is 2. The number of nitrogens with one attached hydrogen (secondary N) is 3. The Morgan fingerprint density at radius 2 is 1.75 bits per heavy atom. The number of nitrogens with two attached hydrogens (primary N) is 1.